The average molecular weight is 184 g/mol. The van der Waals surface area contributed by atoms with Crippen LogP contribution in [0.15, 0.2) is 0 Å². The molecular formula is C10H20N2O. The first kappa shape index (κ1) is 9.44. The number of epoxide rings is 1. The summed E-state index contributed by atoms with van der Waals surface area (Å²) in [4.78, 5) is 4.88. The highest BCUT2D eigenvalue weighted by atomic mass is 16.6. The molecule has 0 N–H and O–H groups in total. The molecule has 2 fully saturated rings. The van der Waals surface area contributed by atoms with Crippen molar-refractivity contribution < 1.29 is 4.74 Å². The van der Waals surface area contributed by atoms with Gasteiger partial charge in [-0.3, -0.25) is 0 Å². The Balaban J connectivity index is 1.69. The molecule has 0 aromatic rings. The molecule has 0 bridgehead atoms. The number of likely N-dealkylation sites (N-methyl/N-ethyl adjacent to an activating group) is 2. The van der Waals surface area contributed by atoms with E-state index in [4.69, 9.17) is 4.74 Å². The van der Waals surface area contributed by atoms with E-state index in [2.05, 4.69) is 23.9 Å². The first-order valence-corrected chi connectivity index (χ1v) is 5.26. The number of nitrogens with zero attached hydrogens (tertiary/aromatic N) is 2. The summed E-state index contributed by atoms with van der Waals surface area (Å²) < 4.78 is 5.22. The molecule has 76 valence electrons. The van der Waals surface area contributed by atoms with Gasteiger partial charge >= 0.3 is 0 Å². The maximum atomic E-state index is 5.22. The van der Waals surface area contributed by atoms with Crippen molar-refractivity contribution in [2.75, 3.05) is 40.3 Å². The third kappa shape index (κ3) is 2.66. The Morgan fingerprint density at radius 2 is 2.23 bits per heavy atom. The lowest BCUT2D eigenvalue weighted by Gasteiger charge is -2.25. The van der Waals surface area contributed by atoms with Gasteiger partial charge in [0.1, 0.15) is 0 Å². The van der Waals surface area contributed by atoms with Crippen molar-refractivity contribution in [3.05, 3.63) is 0 Å². The third-order valence-electron chi connectivity index (χ3n) is 3.11. The summed E-state index contributed by atoms with van der Waals surface area (Å²) in [5, 5.41) is 0. The molecule has 0 aromatic heterocycles. The molecule has 2 heterocycles. The highest BCUT2D eigenvalue weighted by Crippen LogP contribution is 2.16. The van der Waals surface area contributed by atoms with Crippen LogP contribution in [0, 0.1) is 0 Å². The van der Waals surface area contributed by atoms with Crippen LogP contribution < -0.4 is 0 Å². The van der Waals surface area contributed by atoms with E-state index >= 15 is 0 Å². The van der Waals surface area contributed by atoms with E-state index in [1.54, 1.807) is 0 Å². The SMILES string of the molecule is CN(CC1CO1)CC1CCCN1C. The highest BCUT2D eigenvalue weighted by molar-refractivity contribution is 4.81. The Morgan fingerprint density at radius 3 is 2.77 bits per heavy atom. The normalized spacial score (nSPS) is 34.4. The zero-order chi connectivity index (χ0) is 9.26. The molecule has 0 spiro atoms. The van der Waals surface area contributed by atoms with Gasteiger partial charge in [-0.15, -0.1) is 0 Å². The van der Waals surface area contributed by atoms with Gasteiger partial charge in [0.2, 0.25) is 0 Å². The van der Waals surface area contributed by atoms with Gasteiger partial charge in [-0.05, 0) is 33.5 Å². The summed E-state index contributed by atoms with van der Waals surface area (Å²) in [5.41, 5.74) is 0. The van der Waals surface area contributed by atoms with Gasteiger partial charge < -0.3 is 14.5 Å². The van der Waals surface area contributed by atoms with Crippen LogP contribution in [0.5, 0.6) is 0 Å². The number of hydrogen-bond acceptors (Lipinski definition) is 3. The Bertz CT molecular complexity index is 170. The molecule has 2 unspecified atom stereocenters. The van der Waals surface area contributed by atoms with E-state index in [1.165, 1.54) is 25.9 Å². The molecule has 2 rings (SSSR count). The number of hydrogen-bond donors (Lipinski definition) is 0. The molecule has 0 radical (unpaired) electrons. The standard InChI is InChI=1S/C10H20N2O/c1-11(7-10-8-13-10)6-9-4-3-5-12(9)2/h9-10H,3-8H2,1-2H3. The molecule has 2 aliphatic rings. The van der Waals surface area contributed by atoms with Crippen LogP contribution >= 0.6 is 0 Å². The predicted octanol–water partition coefficient (Wildman–Crippen LogP) is 0.411. The summed E-state index contributed by atoms with van der Waals surface area (Å²) in [6.07, 6.45) is 3.28. The molecule has 2 saturated heterocycles. The fourth-order valence-electron chi connectivity index (χ4n) is 2.17. The Morgan fingerprint density at radius 1 is 1.46 bits per heavy atom. The zero-order valence-corrected chi connectivity index (χ0v) is 8.70. The van der Waals surface area contributed by atoms with E-state index < -0.39 is 0 Å². The lowest BCUT2D eigenvalue weighted by atomic mass is 10.2. The first-order valence-electron chi connectivity index (χ1n) is 5.26. The number of likely N-dealkylation sites (tertiary alicyclic amines) is 1. The van der Waals surface area contributed by atoms with Crippen molar-refractivity contribution in [1.29, 1.82) is 0 Å². The van der Waals surface area contributed by atoms with Gasteiger partial charge in [-0.2, -0.15) is 0 Å². The Labute approximate surface area is 80.6 Å². The Hall–Kier alpha value is -0.120. The second kappa shape index (κ2) is 3.95. The number of ether oxygens (including phenoxy) is 1. The van der Waals surface area contributed by atoms with Crippen LogP contribution in [-0.4, -0.2) is 62.3 Å². The summed E-state index contributed by atoms with van der Waals surface area (Å²) in [7, 11) is 4.44. The first-order chi connectivity index (χ1) is 6.25. The van der Waals surface area contributed by atoms with E-state index in [0.717, 1.165) is 19.2 Å². The van der Waals surface area contributed by atoms with Gasteiger partial charge in [0.05, 0.1) is 12.7 Å². The summed E-state index contributed by atoms with van der Waals surface area (Å²) in [6.45, 7) is 4.57. The van der Waals surface area contributed by atoms with E-state index in [9.17, 15) is 0 Å². The average Bonchev–Trinajstić information content (AvgIpc) is 2.79. The van der Waals surface area contributed by atoms with Gasteiger partial charge in [-0.25, -0.2) is 0 Å². The molecule has 0 aliphatic carbocycles. The minimum absolute atomic E-state index is 0.539. The predicted molar refractivity (Wildman–Crippen MR) is 52.9 cm³/mol. The largest absolute Gasteiger partial charge is 0.372 e. The summed E-state index contributed by atoms with van der Waals surface area (Å²) in [5.74, 6) is 0. The van der Waals surface area contributed by atoms with Gasteiger partial charge in [0, 0.05) is 19.1 Å². The minimum atomic E-state index is 0.539. The van der Waals surface area contributed by atoms with Crippen molar-refractivity contribution in [3.63, 3.8) is 0 Å². The molecule has 2 aliphatic heterocycles. The third-order valence-corrected chi connectivity index (χ3v) is 3.11. The van der Waals surface area contributed by atoms with Crippen molar-refractivity contribution >= 4 is 0 Å². The zero-order valence-electron chi connectivity index (χ0n) is 8.70. The van der Waals surface area contributed by atoms with E-state index in [1.807, 2.05) is 0 Å². The van der Waals surface area contributed by atoms with Gasteiger partial charge in [-0.1, -0.05) is 0 Å². The quantitative estimate of drug-likeness (QED) is 0.590. The van der Waals surface area contributed by atoms with Crippen molar-refractivity contribution in [3.8, 4) is 0 Å². The molecular weight excluding hydrogens is 164 g/mol. The maximum Gasteiger partial charge on any atom is 0.0936 e. The van der Waals surface area contributed by atoms with Crippen molar-refractivity contribution in [2.24, 2.45) is 0 Å². The fourth-order valence-corrected chi connectivity index (χ4v) is 2.17. The van der Waals surface area contributed by atoms with Crippen LogP contribution in [0.1, 0.15) is 12.8 Å². The van der Waals surface area contributed by atoms with Crippen molar-refractivity contribution in [1.82, 2.24) is 9.80 Å². The second-order valence-corrected chi connectivity index (χ2v) is 4.45. The van der Waals surface area contributed by atoms with Crippen LogP contribution in [0.25, 0.3) is 0 Å². The van der Waals surface area contributed by atoms with Crippen LogP contribution in [0.4, 0.5) is 0 Å². The van der Waals surface area contributed by atoms with E-state index in [-0.39, 0.29) is 0 Å². The molecule has 0 aromatic carbocycles. The molecule has 0 saturated carbocycles. The summed E-state index contributed by atoms with van der Waals surface area (Å²) >= 11 is 0. The van der Waals surface area contributed by atoms with E-state index in [0.29, 0.717) is 6.10 Å². The lowest BCUT2D eigenvalue weighted by molar-refractivity contribution is 0.207. The minimum Gasteiger partial charge on any atom is -0.372 e. The monoisotopic (exact) mass is 184 g/mol. The van der Waals surface area contributed by atoms with Crippen molar-refractivity contribution in [2.45, 2.75) is 25.0 Å². The second-order valence-electron chi connectivity index (χ2n) is 4.45. The molecule has 0 amide bonds. The molecule has 3 nitrogen and oxygen atoms in total. The van der Waals surface area contributed by atoms with Crippen LogP contribution in [0.2, 0.25) is 0 Å². The lowest BCUT2D eigenvalue weighted by Crippen LogP contribution is -2.38. The van der Waals surface area contributed by atoms with Crippen LogP contribution in [0.3, 0.4) is 0 Å². The highest BCUT2D eigenvalue weighted by Gasteiger charge is 2.27. The smallest absolute Gasteiger partial charge is 0.0936 e. The molecule has 3 heteroatoms. The maximum absolute atomic E-state index is 5.22. The summed E-state index contributed by atoms with van der Waals surface area (Å²) in [6, 6.07) is 0.781. The topological polar surface area (TPSA) is 19.0 Å². The molecule has 2 atom stereocenters. The van der Waals surface area contributed by atoms with Gasteiger partial charge in [0.25, 0.3) is 0 Å². The Kier molecular flexibility index (Phi) is 2.86. The van der Waals surface area contributed by atoms with Gasteiger partial charge in [0.15, 0.2) is 0 Å². The van der Waals surface area contributed by atoms with Crippen LogP contribution in [-0.2, 0) is 4.74 Å². The fraction of sp³-hybridized carbons (Fsp3) is 1.00. The molecule has 13 heavy (non-hydrogen) atoms. The number of rotatable bonds is 4.